The summed E-state index contributed by atoms with van der Waals surface area (Å²) in [7, 11) is -0.431. The first-order valence-electron chi connectivity index (χ1n) is 8.52. The third-order valence-electron chi connectivity index (χ3n) is 5.08. The number of benzene rings is 2. The van der Waals surface area contributed by atoms with Crippen LogP contribution in [-0.4, -0.2) is 18.3 Å². The minimum atomic E-state index is -0.431. The third kappa shape index (κ3) is 3.58. The molecule has 0 amide bonds. The van der Waals surface area contributed by atoms with Crippen molar-refractivity contribution in [2.75, 3.05) is 0 Å². The number of ether oxygens (including phenoxy) is 1. The fourth-order valence-corrected chi connectivity index (χ4v) is 2.80. The number of rotatable bonds is 4. The molecule has 0 aromatic heterocycles. The number of aryl methyl sites for hydroxylation is 1. The predicted octanol–water partition coefficient (Wildman–Crippen LogP) is 4.01. The van der Waals surface area contributed by atoms with Gasteiger partial charge in [0.15, 0.2) is 0 Å². The van der Waals surface area contributed by atoms with E-state index in [1.165, 1.54) is 12.1 Å². The van der Waals surface area contributed by atoms with Crippen molar-refractivity contribution in [2.45, 2.75) is 52.4 Å². The molecule has 1 saturated heterocycles. The Kier molecular flexibility index (Phi) is 4.65. The first-order chi connectivity index (χ1) is 11.7. The van der Waals surface area contributed by atoms with E-state index in [1.54, 1.807) is 6.07 Å². The molecule has 3 rings (SSSR count). The lowest BCUT2D eigenvalue weighted by atomic mass is 9.76. The van der Waals surface area contributed by atoms with Gasteiger partial charge in [-0.15, -0.1) is 0 Å². The lowest BCUT2D eigenvalue weighted by Crippen LogP contribution is -2.41. The summed E-state index contributed by atoms with van der Waals surface area (Å²) in [5.41, 5.74) is 1.94. The highest BCUT2D eigenvalue weighted by molar-refractivity contribution is 6.62. The van der Waals surface area contributed by atoms with Crippen LogP contribution in [0, 0.1) is 12.7 Å². The summed E-state index contributed by atoms with van der Waals surface area (Å²) in [6.07, 6.45) is 0. The third-order valence-corrected chi connectivity index (χ3v) is 5.08. The van der Waals surface area contributed by atoms with Gasteiger partial charge in [-0.05, 0) is 69.4 Å². The molecule has 132 valence electrons. The van der Waals surface area contributed by atoms with E-state index in [0.717, 1.165) is 16.6 Å². The van der Waals surface area contributed by atoms with Gasteiger partial charge in [0, 0.05) is 0 Å². The van der Waals surface area contributed by atoms with Gasteiger partial charge in [0.2, 0.25) is 0 Å². The number of hydrogen-bond acceptors (Lipinski definition) is 3. The summed E-state index contributed by atoms with van der Waals surface area (Å²) in [6.45, 7) is 10.3. The Hall–Kier alpha value is -1.85. The fraction of sp³-hybridized carbons (Fsp3) is 0.400. The number of halogens is 1. The lowest BCUT2D eigenvalue weighted by Gasteiger charge is -2.32. The maximum Gasteiger partial charge on any atom is 0.495 e. The molecule has 0 unspecified atom stereocenters. The van der Waals surface area contributed by atoms with E-state index in [1.807, 2.05) is 58.9 Å². The lowest BCUT2D eigenvalue weighted by molar-refractivity contribution is 0.00578. The van der Waals surface area contributed by atoms with Crippen molar-refractivity contribution >= 4 is 12.6 Å². The molecule has 25 heavy (non-hydrogen) atoms. The topological polar surface area (TPSA) is 27.7 Å². The van der Waals surface area contributed by atoms with Crippen LogP contribution in [0.5, 0.6) is 5.75 Å². The van der Waals surface area contributed by atoms with E-state index >= 15 is 0 Å². The van der Waals surface area contributed by atoms with Crippen molar-refractivity contribution in [3.63, 3.8) is 0 Å². The molecule has 5 heteroatoms. The highest BCUT2D eigenvalue weighted by Gasteiger charge is 2.52. The molecule has 0 spiro atoms. The molecule has 1 fully saturated rings. The van der Waals surface area contributed by atoms with Crippen molar-refractivity contribution < 1.29 is 18.4 Å². The standard InChI is InChI=1S/C20H24BFO3/c1-14-12-16(22)10-11-18(14)23-13-15-8-6-7-9-17(15)21-24-19(2,3)20(4,5)25-21/h6-12H,13H2,1-5H3. The van der Waals surface area contributed by atoms with Crippen LogP contribution in [0.25, 0.3) is 0 Å². The van der Waals surface area contributed by atoms with Gasteiger partial charge in [-0.1, -0.05) is 24.3 Å². The smallest absolute Gasteiger partial charge is 0.489 e. The van der Waals surface area contributed by atoms with Crippen molar-refractivity contribution in [3.05, 3.63) is 59.4 Å². The molecule has 2 aromatic carbocycles. The van der Waals surface area contributed by atoms with Gasteiger partial charge in [-0.3, -0.25) is 0 Å². The maximum atomic E-state index is 13.2. The fourth-order valence-electron chi connectivity index (χ4n) is 2.80. The van der Waals surface area contributed by atoms with E-state index in [2.05, 4.69) is 0 Å². The second-order valence-electron chi connectivity index (χ2n) is 7.49. The van der Waals surface area contributed by atoms with Crippen molar-refractivity contribution in [1.82, 2.24) is 0 Å². The predicted molar refractivity (Wildman–Crippen MR) is 97.6 cm³/mol. The molecule has 0 saturated carbocycles. The Labute approximate surface area is 149 Å². The van der Waals surface area contributed by atoms with Crippen LogP contribution in [0.15, 0.2) is 42.5 Å². The van der Waals surface area contributed by atoms with Crippen LogP contribution in [0.1, 0.15) is 38.8 Å². The number of hydrogen-bond donors (Lipinski definition) is 0. The van der Waals surface area contributed by atoms with Gasteiger partial charge >= 0.3 is 7.12 Å². The van der Waals surface area contributed by atoms with Crippen LogP contribution in [-0.2, 0) is 15.9 Å². The Bertz CT molecular complexity index is 757. The molecule has 0 radical (unpaired) electrons. The second-order valence-corrected chi connectivity index (χ2v) is 7.49. The van der Waals surface area contributed by atoms with Gasteiger partial charge in [-0.25, -0.2) is 4.39 Å². The normalized spacial score (nSPS) is 18.4. The molecule has 0 N–H and O–H groups in total. The Morgan fingerprint density at radius 3 is 2.28 bits per heavy atom. The quantitative estimate of drug-likeness (QED) is 0.786. The van der Waals surface area contributed by atoms with Crippen molar-refractivity contribution in [2.24, 2.45) is 0 Å². The van der Waals surface area contributed by atoms with Gasteiger partial charge in [-0.2, -0.15) is 0 Å². The van der Waals surface area contributed by atoms with Crippen LogP contribution >= 0.6 is 0 Å². The average Bonchev–Trinajstić information content (AvgIpc) is 2.75. The molecule has 0 atom stereocenters. The van der Waals surface area contributed by atoms with Crippen LogP contribution in [0.2, 0.25) is 0 Å². The van der Waals surface area contributed by atoms with Gasteiger partial charge in [0.05, 0.1) is 11.2 Å². The first kappa shape index (κ1) is 18.0. The second kappa shape index (κ2) is 6.47. The van der Waals surface area contributed by atoms with Crippen LogP contribution in [0.3, 0.4) is 0 Å². The first-order valence-corrected chi connectivity index (χ1v) is 8.52. The van der Waals surface area contributed by atoms with E-state index in [0.29, 0.717) is 12.4 Å². The summed E-state index contributed by atoms with van der Waals surface area (Å²) in [6, 6.07) is 12.5. The minimum Gasteiger partial charge on any atom is -0.489 e. The van der Waals surface area contributed by atoms with Crippen LogP contribution < -0.4 is 10.2 Å². The molecule has 0 bridgehead atoms. The van der Waals surface area contributed by atoms with E-state index in [9.17, 15) is 4.39 Å². The minimum absolute atomic E-state index is 0.262. The van der Waals surface area contributed by atoms with E-state index in [-0.39, 0.29) is 17.0 Å². The zero-order valence-electron chi connectivity index (χ0n) is 15.4. The molecule has 2 aromatic rings. The van der Waals surface area contributed by atoms with Gasteiger partial charge in [0.25, 0.3) is 0 Å². The summed E-state index contributed by atoms with van der Waals surface area (Å²) < 4.78 is 31.5. The highest BCUT2D eigenvalue weighted by atomic mass is 19.1. The van der Waals surface area contributed by atoms with E-state index < -0.39 is 7.12 Å². The van der Waals surface area contributed by atoms with E-state index in [4.69, 9.17) is 14.0 Å². The highest BCUT2D eigenvalue weighted by Crippen LogP contribution is 2.36. The van der Waals surface area contributed by atoms with Crippen molar-refractivity contribution in [3.8, 4) is 5.75 Å². The summed E-state index contributed by atoms with van der Waals surface area (Å²) >= 11 is 0. The summed E-state index contributed by atoms with van der Waals surface area (Å²) in [4.78, 5) is 0. The van der Waals surface area contributed by atoms with Gasteiger partial charge in [0.1, 0.15) is 18.2 Å². The molecule has 1 aliphatic heterocycles. The molecular weight excluding hydrogens is 318 g/mol. The molecule has 0 aliphatic carbocycles. The maximum absolute atomic E-state index is 13.2. The monoisotopic (exact) mass is 342 g/mol. The molecule has 3 nitrogen and oxygen atoms in total. The zero-order valence-corrected chi connectivity index (χ0v) is 15.4. The zero-order chi connectivity index (χ0) is 18.2. The molecule has 1 aliphatic rings. The van der Waals surface area contributed by atoms with Crippen molar-refractivity contribution in [1.29, 1.82) is 0 Å². The average molecular weight is 342 g/mol. The Balaban J connectivity index is 1.80. The SMILES string of the molecule is Cc1cc(F)ccc1OCc1ccccc1B1OC(C)(C)C(C)(C)O1. The summed E-state index contributed by atoms with van der Waals surface area (Å²) in [5, 5.41) is 0. The Morgan fingerprint density at radius 2 is 1.64 bits per heavy atom. The molecule has 1 heterocycles. The Morgan fingerprint density at radius 1 is 1.00 bits per heavy atom. The largest absolute Gasteiger partial charge is 0.495 e. The van der Waals surface area contributed by atoms with Gasteiger partial charge < -0.3 is 14.0 Å². The molecular formula is C20H24BFO3. The summed E-state index contributed by atoms with van der Waals surface area (Å²) in [5.74, 6) is 0.410. The van der Waals surface area contributed by atoms with Crippen LogP contribution in [0.4, 0.5) is 4.39 Å².